The molecule has 0 radical (unpaired) electrons. The van der Waals surface area contributed by atoms with Crippen molar-refractivity contribution in [3.63, 3.8) is 0 Å². The zero-order chi connectivity index (χ0) is 25.3. The summed E-state index contributed by atoms with van der Waals surface area (Å²) < 4.78 is 4.82. The van der Waals surface area contributed by atoms with Gasteiger partial charge in [-0.15, -0.1) is 0 Å². The van der Waals surface area contributed by atoms with Crippen LogP contribution in [-0.2, 0) is 30.3 Å². The number of benzene rings is 2. The van der Waals surface area contributed by atoms with Gasteiger partial charge in [0.15, 0.2) is 0 Å². The summed E-state index contributed by atoms with van der Waals surface area (Å²) in [6.07, 6.45) is 0.195. The summed E-state index contributed by atoms with van der Waals surface area (Å²) in [5.41, 5.74) is 0.997. The Kier molecular flexibility index (Phi) is 9.49. The number of amides is 3. The van der Waals surface area contributed by atoms with Crippen molar-refractivity contribution >= 4 is 35.2 Å². The molecule has 2 rings (SSSR count). The average molecular weight is 468 g/mol. The lowest BCUT2D eigenvalue weighted by atomic mass is 10.0. The molecule has 0 fully saturated rings. The SMILES string of the molecule is COC(=O)[C@@H](Cc1ccccc1)NC(=O)[C@@H](NC(=O)C(=O)c1ccccc1NC(C)=O)C(C)C. The fourth-order valence-corrected chi connectivity index (χ4v) is 3.29. The molecule has 0 heterocycles. The molecule has 0 bridgehead atoms. The molecule has 0 aliphatic rings. The number of hydrogen-bond acceptors (Lipinski definition) is 6. The molecule has 34 heavy (non-hydrogen) atoms. The topological polar surface area (TPSA) is 131 Å². The monoisotopic (exact) mass is 467 g/mol. The molecular weight excluding hydrogens is 438 g/mol. The lowest BCUT2D eigenvalue weighted by Crippen LogP contribution is -2.55. The van der Waals surface area contributed by atoms with Gasteiger partial charge in [0, 0.05) is 13.3 Å². The van der Waals surface area contributed by atoms with Crippen LogP contribution in [0.4, 0.5) is 5.69 Å². The van der Waals surface area contributed by atoms with Crippen LogP contribution in [0.1, 0.15) is 36.7 Å². The lowest BCUT2D eigenvalue weighted by Gasteiger charge is -2.24. The summed E-state index contributed by atoms with van der Waals surface area (Å²) in [7, 11) is 1.22. The van der Waals surface area contributed by atoms with E-state index in [1.807, 2.05) is 30.3 Å². The number of rotatable bonds is 10. The van der Waals surface area contributed by atoms with Crippen LogP contribution in [0.2, 0.25) is 0 Å². The van der Waals surface area contributed by atoms with Gasteiger partial charge in [-0.1, -0.05) is 56.3 Å². The Hall–Kier alpha value is -4.01. The van der Waals surface area contributed by atoms with Crippen molar-refractivity contribution in [3.8, 4) is 0 Å². The number of para-hydroxylation sites is 1. The number of carbonyl (C=O) groups excluding carboxylic acids is 5. The minimum absolute atomic E-state index is 0.00497. The molecule has 0 aromatic heterocycles. The zero-order valence-corrected chi connectivity index (χ0v) is 19.6. The molecular formula is C25H29N3O6. The maximum Gasteiger partial charge on any atom is 0.328 e. The van der Waals surface area contributed by atoms with Crippen LogP contribution in [0.3, 0.4) is 0 Å². The van der Waals surface area contributed by atoms with Gasteiger partial charge < -0.3 is 20.7 Å². The van der Waals surface area contributed by atoms with Gasteiger partial charge in [-0.05, 0) is 23.6 Å². The number of ketones is 1. The van der Waals surface area contributed by atoms with E-state index >= 15 is 0 Å². The maximum absolute atomic E-state index is 13.0. The Morgan fingerprint density at radius 2 is 1.50 bits per heavy atom. The molecule has 0 saturated carbocycles. The summed E-state index contributed by atoms with van der Waals surface area (Å²) >= 11 is 0. The Morgan fingerprint density at radius 1 is 0.882 bits per heavy atom. The van der Waals surface area contributed by atoms with Crippen LogP contribution in [0, 0.1) is 5.92 Å². The van der Waals surface area contributed by atoms with Gasteiger partial charge >= 0.3 is 5.97 Å². The summed E-state index contributed by atoms with van der Waals surface area (Å²) in [6, 6.07) is 13.1. The quantitative estimate of drug-likeness (QED) is 0.278. The van der Waals surface area contributed by atoms with Crippen LogP contribution >= 0.6 is 0 Å². The standard InChI is InChI=1S/C25H29N3O6/c1-15(2)21(23(31)27-20(25(33)34-4)14-17-10-6-5-7-11-17)28-24(32)22(30)18-12-8-9-13-19(18)26-16(3)29/h5-13,15,20-21H,14H2,1-4H3,(H,26,29)(H,27,31)(H,28,32)/t20-,21+/m1/s1. The second kappa shape index (κ2) is 12.3. The van der Waals surface area contributed by atoms with E-state index in [1.165, 1.54) is 26.2 Å². The molecule has 0 unspecified atom stereocenters. The van der Waals surface area contributed by atoms with Crippen LogP contribution in [-0.4, -0.2) is 48.7 Å². The Balaban J connectivity index is 2.17. The molecule has 9 heteroatoms. The number of esters is 1. The van der Waals surface area contributed by atoms with Crippen molar-refractivity contribution < 1.29 is 28.7 Å². The van der Waals surface area contributed by atoms with E-state index in [1.54, 1.807) is 26.0 Å². The normalized spacial score (nSPS) is 12.3. The number of nitrogens with one attached hydrogen (secondary N) is 3. The van der Waals surface area contributed by atoms with Crippen molar-refractivity contribution in [2.24, 2.45) is 5.92 Å². The predicted molar refractivity (Wildman–Crippen MR) is 126 cm³/mol. The molecule has 2 aromatic carbocycles. The lowest BCUT2D eigenvalue weighted by molar-refractivity contribution is -0.145. The van der Waals surface area contributed by atoms with Crippen molar-refractivity contribution in [1.82, 2.24) is 10.6 Å². The second-order valence-electron chi connectivity index (χ2n) is 8.03. The van der Waals surface area contributed by atoms with Gasteiger partial charge in [-0.3, -0.25) is 19.2 Å². The number of hydrogen-bond donors (Lipinski definition) is 3. The summed E-state index contributed by atoms with van der Waals surface area (Å²) in [4.78, 5) is 62.2. The highest BCUT2D eigenvalue weighted by Crippen LogP contribution is 2.16. The Labute approximate surface area is 198 Å². The van der Waals surface area contributed by atoms with Gasteiger partial charge in [-0.25, -0.2) is 4.79 Å². The summed E-state index contributed by atoms with van der Waals surface area (Å²) in [5, 5.41) is 7.58. The van der Waals surface area contributed by atoms with E-state index in [9.17, 15) is 24.0 Å². The van der Waals surface area contributed by atoms with Gasteiger partial charge in [0.1, 0.15) is 12.1 Å². The number of carbonyl (C=O) groups is 5. The first-order valence-electron chi connectivity index (χ1n) is 10.8. The number of Topliss-reactive ketones (excluding diaryl/α,β-unsaturated/α-hetero) is 1. The second-order valence-corrected chi connectivity index (χ2v) is 8.03. The summed E-state index contributed by atoms with van der Waals surface area (Å²) in [5.74, 6) is -3.96. The highest BCUT2D eigenvalue weighted by Gasteiger charge is 2.31. The molecule has 9 nitrogen and oxygen atoms in total. The molecule has 0 saturated heterocycles. The first-order chi connectivity index (χ1) is 16.1. The van der Waals surface area contributed by atoms with Crippen LogP contribution in [0.5, 0.6) is 0 Å². The van der Waals surface area contributed by atoms with Crippen molar-refractivity contribution in [1.29, 1.82) is 0 Å². The minimum atomic E-state index is -1.09. The van der Waals surface area contributed by atoms with Crippen molar-refractivity contribution in [2.45, 2.75) is 39.3 Å². The summed E-state index contributed by atoms with van der Waals surface area (Å²) in [6.45, 7) is 4.68. The van der Waals surface area contributed by atoms with E-state index in [-0.39, 0.29) is 17.7 Å². The third kappa shape index (κ3) is 7.26. The van der Waals surface area contributed by atoms with E-state index < -0.39 is 47.5 Å². The molecule has 0 spiro atoms. The maximum atomic E-state index is 13.0. The van der Waals surface area contributed by atoms with Crippen LogP contribution < -0.4 is 16.0 Å². The van der Waals surface area contributed by atoms with Crippen molar-refractivity contribution in [3.05, 3.63) is 65.7 Å². The predicted octanol–water partition coefficient (Wildman–Crippen LogP) is 1.87. The van der Waals surface area contributed by atoms with Gasteiger partial charge in [0.25, 0.3) is 11.7 Å². The van der Waals surface area contributed by atoms with E-state index in [0.29, 0.717) is 0 Å². The highest BCUT2D eigenvalue weighted by molar-refractivity contribution is 6.44. The molecule has 180 valence electrons. The molecule has 3 amide bonds. The first-order valence-corrected chi connectivity index (χ1v) is 10.8. The molecule has 0 aliphatic heterocycles. The van der Waals surface area contributed by atoms with E-state index in [4.69, 9.17) is 4.74 Å². The smallest absolute Gasteiger partial charge is 0.328 e. The van der Waals surface area contributed by atoms with Gasteiger partial charge in [0.05, 0.1) is 18.4 Å². The molecule has 2 atom stereocenters. The van der Waals surface area contributed by atoms with Crippen LogP contribution in [0.15, 0.2) is 54.6 Å². The minimum Gasteiger partial charge on any atom is -0.467 e. The fourth-order valence-electron chi connectivity index (χ4n) is 3.29. The number of anilines is 1. The number of methoxy groups -OCH3 is 1. The highest BCUT2D eigenvalue weighted by atomic mass is 16.5. The Morgan fingerprint density at radius 3 is 2.09 bits per heavy atom. The number of ether oxygens (including phenoxy) is 1. The third-order valence-electron chi connectivity index (χ3n) is 5.01. The van der Waals surface area contributed by atoms with E-state index in [0.717, 1.165) is 5.56 Å². The molecule has 3 N–H and O–H groups in total. The van der Waals surface area contributed by atoms with Gasteiger partial charge in [-0.2, -0.15) is 0 Å². The first kappa shape index (κ1) is 26.2. The van der Waals surface area contributed by atoms with E-state index in [2.05, 4.69) is 16.0 Å². The Bertz CT molecular complexity index is 1050. The molecule has 2 aromatic rings. The van der Waals surface area contributed by atoms with Crippen molar-refractivity contribution in [2.75, 3.05) is 12.4 Å². The van der Waals surface area contributed by atoms with Gasteiger partial charge in [0.2, 0.25) is 11.8 Å². The fraction of sp³-hybridized carbons (Fsp3) is 0.320. The van der Waals surface area contributed by atoms with Crippen LogP contribution in [0.25, 0.3) is 0 Å². The largest absolute Gasteiger partial charge is 0.467 e. The average Bonchev–Trinajstić information content (AvgIpc) is 2.81. The third-order valence-corrected chi connectivity index (χ3v) is 5.01. The molecule has 0 aliphatic carbocycles. The zero-order valence-electron chi connectivity index (χ0n) is 19.6.